The van der Waals surface area contributed by atoms with Crippen LogP contribution >= 0.6 is 0 Å². The van der Waals surface area contributed by atoms with E-state index in [1.54, 1.807) is 24.3 Å². The third-order valence-corrected chi connectivity index (χ3v) is 2.43. The lowest BCUT2D eigenvalue weighted by molar-refractivity contribution is -0.384. The van der Waals surface area contributed by atoms with Gasteiger partial charge in [0.1, 0.15) is 12.4 Å². The van der Waals surface area contributed by atoms with E-state index < -0.39 is 10.9 Å². The van der Waals surface area contributed by atoms with Gasteiger partial charge in [-0.25, -0.2) is 4.79 Å². The van der Waals surface area contributed by atoms with Crippen molar-refractivity contribution >= 4 is 17.7 Å². The van der Waals surface area contributed by atoms with E-state index in [0.29, 0.717) is 11.3 Å². The minimum atomic E-state index is -0.548. The first-order valence-electron chi connectivity index (χ1n) is 5.77. The molecule has 0 spiro atoms. The van der Waals surface area contributed by atoms with Gasteiger partial charge in [0.05, 0.1) is 11.2 Å². The van der Waals surface area contributed by atoms with Gasteiger partial charge in [0, 0.05) is 18.2 Å². The molecule has 20 heavy (non-hydrogen) atoms. The van der Waals surface area contributed by atoms with Gasteiger partial charge in [-0.2, -0.15) is 0 Å². The summed E-state index contributed by atoms with van der Waals surface area (Å²) in [6, 6.07) is 9.35. The Hall–Kier alpha value is -2.89. The molecule has 0 radical (unpaired) electrons. The number of furan rings is 1. The number of hydrogen-bond acceptors (Lipinski definition) is 5. The summed E-state index contributed by atoms with van der Waals surface area (Å²) in [5.74, 6) is -0.00462. The first-order valence-corrected chi connectivity index (χ1v) is 5.77. The Bertz CT molecular complexity index is 631. The van der Waals surface area contributed by atoms with Gasteiger partial charge >= 0.3 is 5.97 Å². The zero-order valence-corrected chi connectivity index (χ0v) is 10.4. The predicted molar refractivity (Wildman–Crippen MR) is 70.6 cm³/mol. The number of ether oxygens (including phenoxy) is 1. The number of nitro benzene ring substituents is 1. The number of rotatable bonds is 5. The molecule has 0 bridgehead atoms. The summed E-state index contributed by atoms with van der Waals surface area (Å²) in [4.78, 5) is 21.6. The number of nitro groups is 1. The van der Waals surface area contributed by atoms with Crippen LogP contribution in [0.4, 0.5) is 5.69 Å². The lowest BCUT2D eigenvalue weighted by Crippen LogP contribution is -1.99. The average molecular weight is 273 g/mol. The van der Waals surface area contributed by atoms with Gasteiger partial charge in [-0.15, -0.1) is 0 Å². The van der Waals surface area contributed by atoms with Crippen LogP contribution in [0.3, 0.4) is 0 Å². The van der Waals surface area contributed by atoms with Crippen LogP contribution in [0, 0.1) is 10.1 Å². The smallest absolute Gasteiger partial charge is 0.331 e. The summed E-state index contributed by atoms with van der Waals surface area (Å²) in [6.07, 6.45) is 4.15. The summed E-state index contributed by atoms with van der Waals surface area (Å²) in [5, 5.41) is 10.6. The maximum Gasteiger partial charge on any atom is 0.331 e. The van der Waals surface area contributed by atoms with Crippen molar-refractivity contribution in [2.45, 2.75) is 6.61 Å². The number of nitrogens with zero attached hydrogens (tertiary/aromatic N) is 1. The zero-order chi connectivity index (χ0) is 14.4. The normalized spacial score (nSPS) is 10.6. The molecule has 6 heteroatoms. The average Bonchev–Trinajstić information content (AvgIpc) is 2.96. The second kappa shape index (κ2) is 6.33. The van der Waals surface area contributed by atoms with E-state index in [2.05, 4.69) is 0 Å². The van der Waals surface area contributed by atoms with E-state index in [9.17, 15) is 14.9 Å². The Balaban J connectivity index is 1.93. The van der Waals surface area contributed by atoms with Gasteiger partial charge in [0.15, 0.2) is 0 Å². The molecule has 0 aliphatic heterocycles. The maximum atomic E-state index is 11.4. The lowest BCUT2D eigenvalue weighted by Gasteiger charge is -1.98. The molecule has 0 aliphatic carbocycles. The Labute approximate surface area is 114 Å². The van der Waals surface area contributed by atoms with Crippen LogP contribution in [-0.2, 0) is 16.1 Å². The zero-order valence-electron chi connectivity index (χ0n) is 10.4. The molecule has 1 heterocycles. The largest absolute Gasteiger partial charge is 0.466 e. The molecule has 0 unspecified atom stereocenters. The Morgan fingerprint density at radius 3 is 2.90 bits per heavy atom. The number of non-ortho nitro benzene ring substituents is 1. The van der Waals surface area contributed by atoms with E-state index in [1.807, 2.05) is 0 Å². The first kappa shape index (κ1) is 13.5. The van der Waals surface area contributed by atoms with E-state index in [-0.39, 0.29) is 12.3 Å². The van der Waals surface area contributed by atoms with Gasteiger partial charge < -0.3 is 9.15 Å². The molecule has 6 nitrogen and oxygen atoms in total. The van der Waals surface area contributed by atoms with E-state index in [4.69, 9.17) is 9.15 Å². The summed E-state index contributed by atoms with van der Waals surface area (Å²) in [7, 11) is 0. The standard InChI is InChI=1S/C14H11NO5/c16-14(20-10-13-5-2-8-19-13)7-6-11-3-1-4-12(9-11)15(17)18/h1-9H,10H2. The number of hydrogen-bond donors (Lipinski definition) is 0. The van der Waals surface area contributed by atoms with Crippen LogP contribution in [0.15, 0.2) is 53.2 Å². The number of carbonyl (C=O) groups is 1. The molecular weight excluding hydrogens is 262 g/mol. The Morgan fingerprint density at radius 1 is 1.35 bits per heavy atom. The van der Waals surface area contributed by atoms with Crippen molar-refractivity contribution in [3.8, 4) is 0 Å². The van der Waals surface area contributed by atoms with Crippen molar-refractivity contribution in [3.05, 3.63) is 70.2 Å². The summed E-state index contributed by atoms with van der Waals surface area (Å²) in [5.41, 5.74) is 0.519. The summed E-state index contributed by atoms with van der Waals surface area (Å²) < 4.78 is 9.94. The van der Waals surface area contributed by atoms with Crippen molar-refractivity contribution in [3.63, 3.8) is 0 Å². The second-order valence-electron chi connectivity index (χ2n) is 3.87. The van der Waals surface area contributed by atoms with E-state index in [1.165, 1.54) is 30.5 Å². The first-order chi connectivity index (χ1) is 9.65. The fraction of sp³-hybridized carbons (Fsp3) is 0.0714. The molecule has 0 N–H and O–H groups in total. The third-order valence-electron chi connectivity index (χ3n) is 2.43. The van der Waals surface area contributed by atoms with Gasteiger partial charge in [0.2, 0.25) is 0 Å². The topological polar surface area (TPSA) is 82.6 Å². The number of benzene rings is 1. The highest BCUT2D eigenvalue weighted by Gasteiger charge is 2.04. The number of carbonyl (C=O) groups excluding carboxylic acids is 1. The lowest BCUT2D eigenvalue weighted by atomic mass is 10.2. The molecule has 1 aromatic heterocycles. The Kier molecular flexibility index (Phi) is 4.28. The summed E-state index contributed by atoms with van der Waals surface area (Å²) in [6.45, 7) is 0.0467. The highest BCUT2D eigenvalue weighted by Crippen LogP contribution is 2.14. The monoisotopic (exact) mass is 273 g/mol. The second-order valence-corrected chi connectivity index (χ2v) is 3.87. The van der Waals surface area contributed by atoms with Crippen LogP contribution < -0.4 is 0 Å². The van der Waals surface area contributed by atoms with Gasteiger partial charge in [0.25, 0.3) is 5.69 Å². The van der Waals surface area contributed by atoms with Gasteiger partial charge in [-0.1, -0.05) is 12.1 Å². The fourth-order valence-corrected chi connectivity index (χ4v) is 1.49. The molecule has 102 valence electrons. The van der Waals surface area contributed by atoms with E-state index in [0.717, 1.165) is 0 Å². The van der Waals surface area contributed by atoms with Crippen LogP contribution in [0.5, 0.6) is 0 Å². The molecule has 0 saturated carbocycles. The van der Waals surface area contributed by atoms with Crippen molar-refractivity contribution in [1.29, 1.82) is 0 Å². The van der Waals surface area contributed by atoms with E-state index >= 15 is 0 Å². The molecule has 0 fully saturated rings. The van der Waals surface area contributed by atoms with Gasteiger partial charge in [-0.3, -0.25) is 10.1 Å². The minimum Gasteiger partial charge on any atom is -0.466 e. The highest BCUT2D eigenvalue weighted by molar-refractivity contribution is 5.87. The number of esters is 1. The highest BCUT2D eigenvalue weighted by atomic mass is 16.6. The molecular formula is C14H11NO5. The minimum absolute atomic E-state index is 0.0314. The molecule has 0 aliphatic rings. The maximum absolute atomic E-state index is 11.4. The van der Waals surface area contributed by atoms with Crippen LogP contribution in [0.2, 0.25) is 0 Å². The molecule has 1 aromatic carbocycles. The molecule has 2 rings (SSSR count). The van der Waals surface area contributed by atoms with Crippen molar-refractivity contribution in [1.82, 2.24) is 0 Å². The molecule has 2 aromatic rings. The van der Waals surface area contributed by atoms with Crippen molar-refractivity contribution in [2.24, 2.45) is 0 Å². The molecule has 0 saturated heterocycles. The van der Waals surface area contributed by atoms with Crippen LogP contribution in [0.1, 0.15) is 11.3 Å². The predicted octanol–water partition coefficient (Wildman–Crippen LogP) is 2.94. The molecule has 0 atom stereocenters. The van der Waals surface area contributed by atoms with Crippen molar-refractivity contribution < 1.29 is 18.9 Å². The third kappa shape index (κ3) is 3.81. The summed E-state index contributed by atoms with van der Waals surface area (Å²) >= 11 is 0. The Morgan fingerprint density at radius 2 is 2.20 bits per heavy atom. The van der Waals surface area contributed by atoms with Crippen LogP contribution in [-0.4, -0.2) is 10.9 Å². The van der Waals surface area contributed by atoms with Gasteiger partial charge in [-0.05, 0) is 23.8 Å². The van der Waals surface area contributed by atoms with Crippen LogP contribution in [0.25, 0.3) is 6.08 Å². The SMILES string of the molecule is O=C(C=Cc1cccc([N+](=O)[O-])c1)OCc1ccco1. The quantitative estimate of drug-likeness (QED) is 0.362. The fourth-order valence-electron chi connectivity index (χ4n) is 1.49. The molecule has 0 amide bonds. The van der Waals surface area contributed by atoms with Crippen molar-refractivity contribution in [2.75, 3.05) is 0 Å².